The van der Waals surface area contributed by atoms with Crippen molar-refractivity contribution in [1.29, 1.82) is 0 Å². The molecule has 1 heterocycles. The molecule has 3 rings (SSSR count). The fraction of sp³-hybridized carbons (Fsp3) is 0.435. The Morgan fingerprint density at radius 1 is 1.27 bits per heavy atom. The first-order chi connectivity index (χ1) is 14.1. The maximum Gasteiger partial charge on any atom is 0.176 e. The maximum atomic E-state index is 12.1. The number of hydrogen-bond donors (Lipinski definition) is 2. The third-order valence-corrected chi connectivity index (χ3v) is 6.56. The van der Waals surface area contributed by atoms with Gasteiger partial charge >= 0.3 is 0 Å². The molecule has 0 saturated carbocycles. The van der Waals surface area contributed by atoms with Crippen LogP contribution in [0, 0.1) is 6.92 Å². The number of halogens is 1. The first-order valence-corrected chi connectivity index (χ1v) is 10.9. The molecule has 162 valence electrons. The Kier molecular flexibility index (Phi) is 7.15. The minimum atomic E-state index is -0.519. The summed E-state index contributed by atoms with van der Waals surface area (Å²) in [6.07, 6.45) is 2.65. The second kappa shape index (κ2) is 9.28. The lowest BCUT2D eigenvalue weighted by atomic mass is 9.72. The van der Waals surface area contributed by atoms with Crippen LogP contribution in [-0.4, -0.2) is 49.2 Å². The zero-order chi connectivity index (χ0) is 21.9. The van der Waals surface area contributed by atoms with Gasteiger partial charge in [-0.3, -0.25) is 4.90 Å². The number of piperidine rings is 1. The van der Waals surface area contributed by atoms with Crippen LogP contribution in [0.15, 0.2) is 42.5 Å². The predicted octanol–water partition coefficient (Wildman–Crippen LogP) is 4.82. The van der Waals surface area contributed by atoms with E-state index >= 15 is 0 Å². The molecule has 1 aliphatic heterocycles. The van der Waals surface area contributed by atoms with Crippen LogP contribution in [0.25, 0.3) is 0 Å². The van der Waals surface area contributed by atoms with Gasteiger partial charge in [0.2, 0.25) is 0 Å². The Balaban J connectivity index is 1.59. The second-order valence-corrected chi connectivity index (χ2v) is 9.55. The summed E-state index contributed by atoms with van der Waals surface area (Å²) in [7, 11) is 1.57. The maximum absolute atomic E-state index is 12.1. The van der Waals surface area contributed by atoms with Gasteiger partial charge in [-0.25, -0.2) is 0 Å². The number of nitrogens with zero attached hydrogens (tertiary/aromatic N) is 2. The van der Waals surface area contributed by atoms with E-state index in [1.54, 1.807) is 19.2 Å². The van der Waals surface area contributed by atoms with Crippen LogP contribution in [-0.2, 0) is 10.2 Å². The van der Waals surface area contributed by atoms with E-state index in [1.165, 1.54) is 0 Å². The zero-order valence-corrected chi connectivity index (χ0v) is 19.4. The van der Waals surface area contributed by atoms with Crippen molar-refractivity contribution in [2.45, 2.75) is 38.1 Å². The SMILES string of the molecule is Cc1ccc(Cl)cc1C1(C=O)CCN(C(C)COc2ccc([N+](C)(O)S)cc2)CC1. The van der Waals surface area contributed by atoms with Gasteiger partial charge in [0.1, 0.15) is 25.7 Å². The van der Waals surface area contributed by atoms with Gasteiger partial charge < -0.3 is 9.53 Å². The highest BCUT2D eigenvalue weighted by molar-refractivity contribution is 7.79. The van der Waals surface area contributed by atoms with Crippen molar-refractivity contribution < 1.29 is 14.7 Å². The van der Waals surface area contributed by atoms with Crippen molar-refractivity contribution >= 4 is 36.4 Å². The molecule has 2 unspecified atom stereocenters. The largest absolute Gasteiger partial charge is 0.492 e. The molecular formula is C23H30ClN2O3S+. The van der Waals surface area contributed by atoms with Crippen molar-refractivity contribution in [3.8, 4) is 5.75 Å². The summed E-state index contributed by atoms with van der Waals surface area (Å²) >= 11 is 10.3. The Hall–Kier alpha value is -1.57. The van der Waals surface area contributed by atoms with Gasteiger partial charge in [0.15, 0.2) is 5.69 Å². The predicted molar refractivity (Wildman–Crippen MR) is 125 cm³/mol. The Bertz CT molecular complexity index is 875. The topological polar surface area (TPSA) is 49.8 Å². The van der Waals surface area contributed by atoms with Crippen LogP contribution >= 0.6 is 24.4 Å². The number of carbonyl (C=O) groups is 1. The molecule has 0 aromatic heterocycles. The number of hydrogen-bond acceptors (Lipinski definition) is 5. The first kappa shape index (κ1) is 23.1. The molecule has 1 saturated heterocycles. The van der Waals surface area contributed by atoms with Crippen molar-refractivity contribution in [2.75, 3.05) is 26.7 Å². The molecule has 7 heteroatoms. The van der Waals surface area contributed by atoms with E-state index in [4.69, 9.17) is 16.3 Å². The lowest BCUT2D eigenvalue weighted by Crippen LogP contribution is -2.48. The molecule has 0 amide bonds. The van der Waals surface area contributed by atoms with E-state index in [0.29, 0.717) is 17.3 Å². The summed E-state index contributed by atoms with van der Waals surface area (Å²) in [4.78, 5) is 14.5. The average molecular weight is 450 g/mol. The number of ether oxygens (including phenoxy) is 1. The fourth-order valence-corrected chi connectivity index (χ4v) is 4.40. The molecule has 1 aliphatic rings. The minimum Gasteiger partial charge on any atom is -0.492 e. The normalized spacial score (nSPS) is 19.7. The standard InChI is InChI=1S/C23H30ClN2O3S/c1-17-4-5-19(24)14-22(17)23(16-27)10-12-25(13-11-23)18(2)15-29-21-8-6-20(7-9-21)26(3,28)30/h4-9,14,16,18,28,30H,10-13,15H2,1-3H3/q+1. The lowest BCUT2D eigenvalue weighted by Gasteiger charge is -2.41. The van der Waals surface area contributed by atoms with Gasteiger partial charge in [0, 0.05) is 23.2 Å². The molecule has 0 spiro atoms. The summed E-state index contributed by atoms with van der Waals surface area (Å²) in [5.41, 5.74) is 2.35. The summed E-state index contributed by atoms with van der Waals surface area (Å²) < 4.78 is 5.43. The number of aryl methyl sites for hydroxylation is 1. The van der Waals surface area contributed by atoms with Crippen LogP contribution in [0.3, 0.4) is 0 Å². The number of quaternary nitrogens is 1. The van der Waals surface area contributed by atoms with Crippen molar-refractivity contribution in [3.05, 3.63) is 58.6 Å². The molecule has 0 aliphatic carbocycles. The molecule has 0 bridgehead atoms. The number of likely N-dealkylation sites (tertiary alicyclic amines) is 1. The number of aldehydes is 1. The Morgan fingerprint density at radius 3 is 2.47 bits per heavy atom. The van der Waals surface area contributed by atoms with Gasteiger partial charge in [-0.15, -0.1) is 0 Å². The molecule has 1 fully saturated rings. The van der Waals surface area contributed by atoms with Crippen LogP contribution in [0.1, 0.15) is 30.9 Å². The van der Waals surface area contributed by atoms with Crippen molar-refractivity contribution in [2.24, 2.45) is 0 Å². The molecule has 0 radical (unpaired) electrons. The van der Waals surface area contributed by atoms with E-state index in [1.807, 2.05) is 37.3 Å². The van der Waals surface area contributed by atoms with E-state index in [-0.39, 0.29) is 6.04 Å². The quantitative estimate of drug-likeness (QED) is 0.275. The highest BCUT2D eigenvalue weighted by Crippen LogP contribution is 2.37. The third kappa shape index (κ3) is 5.18. The van der Waals surface area contributed by atoms with E-state index in [2.05, 4.69) is 24.6 Å². The zero-order valence-electron chi connectivity index (χ0n) is 17.7. The first-order valence-electron chi connectivity index (χ1n) is 10.2. The van der Waals surface area contributed by atoms with Gasteiger partial charge in [0.25, 0.3) is 0 Å². The van der Waals surface area contributed by atoms with Gasteiger partial charge in [-0.05, 0) is 75.2 Å². The Morgan fingerprint density at radius 2 is 1.90 bits per heavy atom. The minimum absolute atomic E-state index is 0.221. The van der Waals surface area contributed by atoms with E-state index < -0.39 is 9.47 Å². The number of thiol groups is 1. The van der Waals surface area contributed by atoms with Crippen molar-refractivity contribution in [3.63, 3.8) is 0 Å². The molecule has 2 aromatic rings. The van der Waals surface area contributed by atoms with Crippen LogP contribution in [0.2, 0.25) is 5.02 Å². The molecule has 2 atom stereocenters. The van der Waals surface area contributed by atoms with Crippen molar-refractivity contribution in [1.82, 2.24) is 8.95 Å². The number of carbonyl (C=O) groups excluding carboxylic acids is 1. The van der Waals surface area contributed by atoms with Gasteiger partial charge in [0.05, 0.1) is 18.2 Å². The Labute approximate surface area is 189 Å². The smallest absolute Gasteiger partial charge is 0.176 e. The summed E-state index contributed by atoms with van der Waals surface area (Å²) in [5, 5.41) is 10.5. The van der Waals surface area contributed by atoms with E-state index in [0.717, 1.165) is 49.1 Å². The van der Waals surface area contributed by atoms with Crippen LogP contribution < -0.4 is 8.79 Å². The molecule has 1 N–H and O–H groups in total. The molecule has 5 nitrogen and oxygen atoms in total. The number of hydroxylamine groups is 1. The number of benzene rings is 2. The lowest BCUT2D eigenvalue weighted by molar-refractivity contribution is -0.114. The second-order valence-electron chi connectivity index (χ2n) is 8.34. The van der Waals surface area contributed by atoms with Crippen LogP contribution in [0.5, 0.6) is 5.75 Å². The summed E-state index contributed by atoms with van der Waals surface area (Å²) in [6, 6.07) is 13.3. The molecule has 30 heavy (non-hydrogen) atoms. The van der Waals surface area contributed by atoms with Gasteiger partial charge in [-0.2, -0.15) is 5.21 Å². The molecule has 2 aromatic carbocycles. The highest BCUT2D eigenvalue weighted by atomic mass is 35.5. The third-order valence-electron chi connectivity index (χ3n) is 6.09. The number of rotatable bonds is 7. The average Bonchev–Trinajstić information content (AvgIpc) is 2.73. The monoisotopic (exact) mass is 449 g/mol. The van der Waals surface area contributed by atoms with Gasteiger partial charge in [-0.1, -0.05) is 21.7 Å². The summed E-state index contributed by atoms with van der Waals surface area (Å²) in [6.45, 7) is 6.39. The van der Waals surface area contributed by atoms with E-state index in [9.17, 15) is 10.0 Å². The fourth-order valence-electron chi connectivity index (χ4n) is 4.09. The molecular weight excluding hydrogens is 420 g/mol. The highest BCUT2D eigenvalue weighted by Gasteiger charge is 2.38. The summed E-state index contributed by atoms with van der Waals surface area (Å²) in [5.74, 6) is 0.751. The van der Waals surface area contributed by atoms with Crippen LogP contribution in [0.4, 0.5) is 5.69 Å².